The van der Waals surface area contributed by atoms with Crippen LogP contribution in [0.5, 0.6) is 0 Å². The molecule has 0 unspecified atom stereocenters. The molecule has 0 bridgehead atoms. The second-order valence-corrected chi connectivity index (χ2v) is 4.57. The summed E-state index contributed by atoms with van der Waals surface area (Å²) in [5.74, 6) is 1.66. The van der Waals surface area contributed by atoms with E-state index in [1.807, 2.05) is 0 Å². The smallest absolute Gasteiger partial charge is 0.122 e. The molecule has 0 aliphatic heterocycles. The summed E-state index contributed by atoms with van der Waals surface area (Å²) in [7, 11) is 0. The van der Waals surface area contributed by atoms with Crippen molar-refractivity contribution in [3.8, 4) is 0 Å². The standard InChI is InChI=1S/C5H8Cl2S/c1-8-3-4-2-5(4,6)7/h4H,2-3H2,1H3/t4-/m1/s1. The second-order valence-electron chi connectivity index (χ2n) is 2.12. The number of hydrogen-bond acceptors (Lipinski definition) is 1. The fraction of sp³-hybridized carbons (Fsp3) is 1.00. The summed E-state index contributed by atoms with van der Waals surface area (Å²) in [6.07, 6.45) is 3.05. The van der Waals surface area contributed by atoms with Gasteiger partial charge in [0.15, 0.2) is 0 Å². The normalized spacial score (nSPS) is 32.6. The van der Waals surface area contributed by atoms with Crippen LogP contribution in [0.15, 0.2) is 0 Å². The van der Waals surface area contributed by atoms with Gasteiger partial charge in [0, 0.05) is 5.92 Å². The number of hydrogen-bond donors (Lipinski definition) is 0. The van der Waals surface area contributed by atoms with Gasteiger partial charge in [-0.05, 0) is 18.4 Å². The average molecular weight is 171 g/mol. The van der Waals surface area contributed by atoms with Crippen molar-refractivity contribution in [3.63, 3.8) is 0 Å². The molecule has 3 heteroatoms. The average Bonchev–Trinajstić information content (AvgIpc) is 2.15. The van der Waals surface area contributed by atoms with Crippen molar-refractivity contribution >= 4 is 35.0 Å². The molecule has 0 nitrogen and oxygen atoms in total. The Bertz CT molecular complexity index is 92.4. The van der Waals surface area contributed by atoms with Crippen LogP contribution in [0.1, 0.15) is 6.42 Å². The number of thioether (sulfide) groups is 1. The molecular weight excluding hydrogens is 163 g/mol. The van der Waals surface area contributed by atoms with Crippen LogP contribution in [-0.4, -0.2) is 16.3 Å². The Balaban J connectivity index is 2.17. The van der Waals surface area contributed by atoms with Crippen LogP contribution < -0.4 is 0 Å². The Morgan fingerprint density at radius 1 is 1.75 bits per heavy atom. The molecule has 0 spiro atoms. The molecular formula is C5H8Cl2S. The molecule has 0 aromatic heterocycles. The van der Waals surface area contributed by atoms with E-state index >= 15 is 0 Å². The van der Waals surface area contributed by atoms with Gasteiger partial charge in [0.2, 0.25) is 0 Å². The van der Waals surface area contributed by atoms with E-state index in [0.717, 1.165) is 12.2 Å². The van der Waals surface area contributed by atoms with E-state index in [-0.39, 0.29) is 4.33 Å². The lowest BCUT2D eigenvalue weighted by Crippen LogP contribution is -1.91. The minimum atomic E-state index is -0.358. The molecule has 1 aliphatic rings. The van der Waals surface area contributed by atoms with Crippen molar-refractivity contribution in [1.29, 1.82) is 0 Å². The van der Waals surface area contributed by atoms with Crippen LogP contribution >= 0.6 is 35.0 Å². The molecule has 1 fully saturated rings. The van der Waals surface area contributed by atoms with Crippen molar-refractivity contribution in [2.75, 3.05) is 12.0 Å². The van der Waals surface area contributed by atoms with Crippen LogP contribution in [0.4, 0.5) is 0 Å². The van der Waals surface area contributed by atoms with Gasteiger partial charge < -0.3 is 0 Å². The summed E-state index contributed by atoms with van der Waals surface area (Å²) >= 11 is 13.3. The Kier molecular flexibility index (Phi) is 2.01. The van der Waals surface area contributed by atoms with E-state index in [4.69, 9.17) is 23.2 Å². The summed E-state index contributed by atoms with van der Waals surface area (Å²) < 4.78 is -0.358. The molecule has 1 aliphatic carbocycles. The van der Waals surface area contributed by atoms with Gasteiger partial charge in [-0.15, -0.1) is 23.2 Å². The van der Waals surface area contributed by atoms with E-state index in [1.54, 1.807) is 11.8 Å². The lowest BCUT2D eigenvalue weighted by Gasteiger charge is -1.93. The van der Waals surface area contributed by atoms with Crippen molar-refractivity contribution in [2.45, 2.75) is 10.8 Å². The first-order chi connectivity index (χ1) is 3.67. The van der Waals surface area contributed by atoms with Crippen LogP contribution in [0.3, 0.4) is 0 Å². The van der Waals surface area contributed by atoms with Crippen molar-refractivity contribution < 1.29 is 0 Å². The minimum absolute atomic E-state index is 0.358. The summed E-state index contributed by atoms with van der Waals surface area (Å²) in [5, 5.41) is 0. The van der Waals surface area contributed by atoms with Gasteiger partial charge in [0.25, 0.3) is 0 Å². The SMILES string of the molecule is CSC[C@H]1CC1(Cl)Cl. The number of halogens is 2. The highest BCUT2D eigenvalue weighted by molar-refractivity contribution is 7.98. The second kappa shape index (κ2) is 2.28. The van der Waals surface area contributed by atoms with E-state index in [2.05, 4.69) is 6.26 Å². The van der Waals surface area contributed by atoms with Crippen molar-refractivity contribution in [1.82, 2.24) is 0 Å². The van der Waals surface area contributed by atoms with E-state index in [1.165, 1.54) is 0 Å². The predicted molar refractivity (Wildman–Crippen MR) is 40.9 cm³/mol. The first kappa shape index (κ1) is 7.04. The molecule has 1 saturated carbocycles. The highest BCUT2D eigenvalue weighted by Gasteiger charge is 2.50. The number of alkyl halides is 2. The molecule has 48 valence electrons. The molecule has 0 amide bonds. The first-order valence-corrected chi connectivity index (χ1v) is 4.68. The lowest BCUT2D eigenvalue weighted by atomic mass is 10.5. The van der Waals surface area contributed by atoms with E-state index in [0.29, 0.717) is 5.92 Å². The van der Waals surface area contributed by atoms with Gasteiger partial charge in [-0.3, -0.25) is 0 Å². The topological polar surface area (TPSA) is 0 Å². The Morgan fingerprint density at radius 3 is 2.38 bits per heavy atom. The van der Waals surface area contributed by atoms with Crippen LogP contribution in [0.25, 0.3) is 0 Å². The van der Waals surface area contributed by atoms with Gasteiger partial charge in [-0.1, -0.05) is 0 Å². The van der Waals surface area contributed by atoms with Gasteiger partial charge >= 0.3 is 0 Å². The largest absolute Gasteiger partial charge is 0.165 e. The molecule has 1 rings (SSSR count). The van der Waals surface area contributed by atoms with Crippen molar-refractivity contribution in [3.05, 3.63) is 0 Å². The van der Waals surface area contributed by atoms with Gasteiger partial charge in [-0.2, -0.15) is 11.8 Å². The predicted octanol–water partition coefficient (Wildman–Crippen LogP) is 2.54. The van der Waals surface area contributed by atoms with Crippen LogP contribution in [0.2, 0.25) is 0 Å². The minimum Gasteiger partial charge on any atom is -0.165 e. The third-order valence-electron chi connectivity index (χ3n) is 1.32. The highest BCUT2D eigenvalue weighted by Crippen LogP contribution is 2.54. The maximum Gasteiger partial charge on any atom is 0.122 e. The summed E-state index contributed by atoms with van der Waals surface area (Å²) in [4.78, 5) is 0. The van der Waals surface area contributed by atoms with Crippen molar-refractivity contribution in [2.24, 2.45) is 5.92 Å². The molecule has 1 atom stereocenters. The lowest BCUT2D eigenvalue weighted by molar-refractivity contribution is 0.982. The third-order valence-corrected chi connectivity index (χ3v) is 2.99. The van der Waals surface area contributed by atoms with Crippen LogP contribution in [0, 0.1) is 5.92 Å². The molecule has 0 N–H and O–H groups in total. The zero-order valence-electron chi connectivity index (χ0n) is 4.66. The fourth-order valence-corrected chi connectivity index (χ4v) is 2.17. The van der Waals surface area contributed by atoms with E-state index in [9.17, 15) is 0 Å². The summed E-state index contributed by atoms with van der Waals surface area (Å²) in [5.41, 5.74) is 0. The number of rotatable bonds is 2. The highest BCUT2D eigenvalue weighted by atomic mass is 35.5. The quantitative estimate of drug-likeness (QED) is 0.575. The maximum atomic E-state index is 5.74. The summed E-state index contributed by atoms with van der Waals surface area (Å²) in [6, 6.07) is 0. The maximum absolute atomic E-state index is 5.74. The Labute approximate surface area is 63.9 Å². The van der Waals surface area contributed by atoms with Gasteiger partial charge in [0.1, 0.15) is 4.33 Å². The van der Waals surface area contributed by atoms with Gasteiger partial charge in [0.05, 0.1) is 0 Å². The fourth-order valence-electron chi connectivity index (χ4n) is 0.652. The van der Waals surface area contributed by atoms with E-state index < -0.39 is 0 Å². The summed E-state index contributed by atoms with van der Waals surface area (Å²) in [6.45, 7) is 0. The van der Waals surface area contributed by atoms with Gasteiger partial charge in [-0.25, -0.2) is 0 Å². The Hall–Kier alpha value is 0.930. The zero-order chi connectivity index (χ0) is 6.20. The molecule has 0 radical (unpaired) electrons. The molecule has 0 aromatic carbocycles. The molecule has 0 aromatic rings. The third kappa shape index (κ3) is 1.46. The van der Waals surface area contributed by atoms with Crippen LogP contribution in [-0.2, 0) is 0 Å². The molecule has 0 saturated heterocycles. The monoisotopic (exact) mass is 170 g/mol. The zero-order valence-corrected chi connectivity index (χ0v) is 6.98. The Morgan fingerprint density at radius 2 is 2.25 bits per heavy atom. The molecule has 8 heavy (non-hydrogen) atoms. The molecule has 0 heterocycles. The first-order valence-electron chi connectivity index (χ1n) is 2.53.